The number of hydrogen-bond donors (Lipinski definition) is 0. The topological polar surface area (TPSA) is 52.6 Å². The normalized spacial score (nSPS) is 35.6. The molecule has 1 saturated heterocycles. The summed E-state index contributed by atoms with van der Waals surface area (Å²) in [7, 11) is 1.31. The maximum absolute atomic E-state index is 11.6. The van der Waals surface area contributed by atoms with Crippen LogP contribution in [-0.4, -0.2) is 25.2 Å². The van der Waals surface area contributed by atoms with Gasteiger partial charge in [-0.3, -0.25) is 9.59 Å². The van der Waals surface area contributed by atoms with Gasteiger partial charge in [0.1, 0.15) is 6.10 Å². The van der Waals surface area contributed by atoms with E-state index in [1.165, 1.54) is 7.11 Å². The molecule has 0 saturated carbocycles. The van der Waals surface area contributed by atoms with E-state index in [0.717, 1.165) is 25.7 Å². The van der Waals surface area contributed by atoms with E-state index in [2.05, 4.69) is 16.9 Å². The largest absolute Gasteiger partial charge is 0.468 e. The molecule has 3 atom stereocenters. The Labute approximate surface area is 94.6 Å². The molecule has 2 rings (SSSR count). The number of ether oxygens (including phenoxy) is 2. The SMILES string of the molecule is COC(=O)[C@@H]1C(=O)O[C@H]2CC/C=C\CC[C@H]12. The molecule has 1 aliphatic heterocycles. The molecule has 88 valence electrons. The first-order chi connectivity index (χ1) is 7.74. The van der Waals surface area contributed by atoms with E-state index in [1.54, 1.807) is 0 Å². The van der Waals surface area contributed by atoms with Gasteiger partial charge in [0.2, 0.25) is 0 Å². The fraction of sp³-hybridized carbons (Fsp3) is 0.667. The lowest BCUT2D eigenvalue weighted by molar-refractivity contribution is -0.155. The summed E-state index contributed by atoms with van der Waals surface area (Å²) in [6, 6.07) is 0. The number of methoxy groups -OCH3 is 1. The second-order valence-electron chi connectivity index (χ2n) is 4.27. The van der Waals surface area contributed by atoms with Crippen LogP contribution in [0.1, 0.15) is 25.7 Å². The molecule has 0 N–H and O–H groups in total. The van der Waals surface area contributed by atoms with E-state index >= 15 is 0 Å². The molecular formula is C12H16O4. The highest BCUT2D eigenvalue weighted by atomic mass is 16.6. The number of esters is 2. The van der Waals surface area contributed by atoms with Crippen molar-refractivity contribution in [3.63, 3.8) is 0 Å². The molecule has 0 spiro atoms. The van der Waals surface area contributed by atoms with Gasteiger partial charge in [0, 0.05) is 5.92 Å². The molecule has 1 heterocycles. The Hall–Kier alpha value is -1.32. The average molecular weight is 224 g/mol. The number of hydrogen-bond acceptors (Lipinski definition) is 4. The first-order valence-corrected chi connectivity index (χ1v) is 5.67. The van der Waals surface area contributed by atoms with Gasteiger partial charge in [0.05, 0.1) is 7.11 Å². The summed E-state index contributed by atoms with van der Waals surface area (Å²) >= 11 is 0. The van der Waals surface area contributed by atoms with Crippen molar-refractivity contribution < 1.29 is 19.1 Å². The van der Waals surface area contributed by atoms with Crippen molar-refractivity contribution in [3.05, 3.63) is 12.2 Å². The predicted molar refractivity (Wildman–Crippen MR) is 56.5 cm³/mol. The molecule has 16 heavy (non-hydrogen) atoms. The molecule has 4 nitrogen and oxygen atoms in total. The van der Waals surface area contributed by atoms with Crippen LogP contribution >= 0.6 is 0 Å². The van der Waals surface area contributed by atoms with Crippen LogP contribution in [0.25, 0.3) is 0 Å². The average Bonchev–Trinajstić information content (AvgIpc) is 2.54. The summed E-state index contributed by atoms with van der Waals surface area (Å²) in [5, 5.41) is 0. The molecule has 4 heteroatoms. The van der Waals surface area contributed by atoms with Gasteiger partial charge in [-0.1, -0.05) is 12.2 Å². The standard InChI is InChI=1S/C12H16O4/c1-15-11(13)10-8-6-4-2-3-5-7-9(8)16-12(10)14/h2-3,8-10H,4-7H2,1H3/b3-2-/t8-,9-,10+/m0/s1. The fourth-order valence-electron chi connectivity index (χ4n) is 2.51. The Bertz CT molecular complexity index is 321. The van der Waals surface area contributed by atoms with Crippen LogP contribution in [0.15, 0.2) is 12.2 Å². The van der Waals surface area contributed by atoms with E-state index in [0.29, 0.717) is 0 Å². The number of allylic oxidation sites excluding steroid dienone is 2. The van der Waals surface area contributed by atoms with Crippen LogP contribution in [-0.2, 0) is 19.1 Å². The Balaban J connectivity index is 2.16. The van der Waals surface area contributed by atoms with E-state index in [-0.39, 0.29) is 12.0 Å². The van der Waals surface area contributed by atoms with Gasteiger partial charge in [-0.15, -0.1) is 0 Å². The van der Waals surface area contributed by atoms with Crippen molar-refractivity contribution in [3.8, 4) is 0 Å². The molecule has 0 aromatic heterocycles. The van der Waals surface area contributed by atoms with Gasteiger partial charge >= 0.3 is 11.9 Å². The number of carbonyl (C=O) groups excluding carboxylic acids is 2. The zero-order valence-electron chi connectivity index (χ0n) is 9.35. The van der Waals surface area contributed by atoms with Crippen molar-refractivity contribution in [2.45, 2.75) is 31.8 Å². The first kappa shape index (κ1) is 11.2. The molecular weight excluding hydrogens is 208 g/mol. The summed E-state index contributed by atoms with van der Waals surface area (Å²) in [4.78, 5) is 23.2. The Kier molecular flexibility index (Phi) is 3.27. The summed E-state index contributed by atoms with van der Waals surface area (Å²) in [5.41, 5.74) is 0. The van der Waals surface area contributed by atoms with Crippen molar-refractivity contribution >= 4 is 11.9 Å². The van der Waals surface area contributed by atoms with Gasteiger partial charge in [0.25, 0.3) is 0 Å². The number of fused-ring (bicyclic) bond motifs is 1. The zero-order valence-corrected chi connectivity index (χ0v) is 9.35. The first-order valence-electron chi connectivity index (χ1n) is 5.67. The van der Waals surface area contributed by atoms with Crippen molar-refractivity contribution in [2.24, 2.45) is 11.8 Å². The smallest absolute Gasteiger partial charge is 0.321 e. The van der Waals surface area contributed by atoms with Crippen LogP contribution in [0.5, 0.6) is 0 Å². The maximum atomic E-state index is 11.6. The third-order valence-corrected chi connectivity index (χ3v) is 3.33. The molecule has 1 aliphatic carbocycles. The van der Waals surface area contributed by atoms with Crippen molar-refractivity contribution in [2.75, 3.05) is 7.11 Å². The molecule has 1 fully saturated rings. The second-order valence-corrected chi connectivity index (χ2v) is 4.27. The molecule has 0 radical (unpaired) electrons. The summed E-state index contributed by atoms with van der Waals surface area (Å²) in [6.07, 6.45) is 7.52. The number of carbonyl (C=O) groups is 2. The summed E-state index contributed by atoms with van der Waals surface area (Å²) in [6.45, 7) is 0. The van der Waals surface area contributed by atoms with Gasteiger partial charge < -0.3 is 9.47 Å². The molecule has 2 aliphatic rings. The van der Waals surface area contributed by atoms with Crippen LogP contribution in [0.4, 0.5) is 0 Å². The molecule has 0 aromatic carbocycles. The van der Waals surface area contributed by atoms with Gasteiger partial charge in [-0.05, 0) is 25.7 Å². The van der Waals surface area contributed by atoms with Gasteiger partial charge in [0.15, 0.2) is 5.92 Å². The highest BCUT2D eigenvalue weighted by Gasteiger charge is 2.48. The Morgan fingerprint density at radius 2 is 2.06 bits per heavy atom. The summed E-state index contributed by atoms with van der Waals surface area (Å²) in [5.74, 6) is -1.59. The quantitative estimate of drug-likeness (QED) is 0.384. The third kappa shape index (κ3) is 1.96. The second kappa shape index (κ2) is 4.68. The Morgan fingerprint density at radius 3 is 2.75 bits per heavy atom. The third-order valence-electron chi connectivity index (χ3n) is 3.33. The highest BCUT2D eigenvalue weighted by Crippen LogP contribution is 2.36. The predicted octanol–water partition coefficient (Wildman–Crippen LogP) is 1.45. The van der Waals surface area contributed by atoms with Crippen LogP contribution < -0.4 is 0 Å². The molecule has 0 unspecified atom stereocenters. The number of rotatable bonds is 1. The fourth-order valence-corrected chi connectivity index (χ4v) is 2.51. The minimum Gasteiger partial charge on any atom is -0.468 e. The molecule has 0 amide bonds. The minimum atomic E-state index is -0.707. The lowest BCUT2D eigenvalue weighted by Crippen LogP contribution is -2.29. The maximum Gasteiger partial charge on any atom is 0.321 e. The van der Waals surface area contributed by atoms with E-state index in [4.69, 9.17) is 4.74 Å². The monoisotopic (exact) mass is 224 g/mol. The van der Waals surface area contributed by atoms with Crippen LogP contribution in [0.2, 0.25) is 0 Å². The van der Waals surface area contributed by atoms with Crippen LogP contribution in [0, 0.1) is 11.8 Å². The summed E-state index contributed by atoms with van der Waals surface area (Å²) < 4.78 is 9.93. The Morgan fingerprint density at radius 1 is 1.38 bits per heavy atom. The van der Waals surface area contributed by atoms with Crippen molar-refractivity contribution in [1.29, 1.82) is 0 Å². The lowest BCUT2D eigenvalue weighted by Gasteiger charge is -2.20. The molecule has 0 aromatic rings. The van der Waals surface area contributed by atoms with Gasteiger partial charge in [-0.25, -0.2) is 0 Å². The van der Waals surface area contributed by atoms with Crippen molar-refractivity contribution in [1.82, 2.24) is 0 Å². The highest BCUT2D eigenvalue weighted by molar-refractivity contribution is 5.96. The van der Waals surface area contributed by atoms with E-state index in [9.17, 15) is 9.59 Å². The van der Waals surface area contributed by atoms with Gasteiger partial charge in [-0.2, -0.15) is 0 Å². The van der Waals surface area contributed by atoms with E-state index in [1.807, 2.05) is 0 Å². The minimum absolute atomic E-state index is 0.00935. The molecule has 0 bridgehead atoms. The lowest BCUT2D eigenvalue weighted by atomic mass is 9.83. The van der Waals surface area contributed by atoms with E-state index < -0.39 is 17.9 Å². The van der Waals surface area contributed by atoms with Crippen LogP contribution in [0.3, 0.4) is 0 Å². The zero-order chi connectivity index (χ0) is 11.5.